The van der Waals surface area contributed by atoms with Gasteiger partial charge in [-0.2, -0.15) is 0 Å². The highest BCUT2D eigenvalue weighted by Crippen LogP contribution is 2.39. The third kappa shape index (κ3) is 4.27. The molecule has 2 rings (SSSR count). The Kier molecular flexibility index (Phi) is 5.88. The molecule has 1 saturated heterocycles. The standard InChI is InChI=1S/C17H21N3O7/c1-8(2)7-27-16(22)13-9(3)18-17(23)19-14(13)10-5-11(20(24)25)15(21)12(6-10)26-4/h5-6,8,13-14,21H,3,7H2,1-2,4H3,(H2,18,19,23)/p-1. The molecule has 146 valence electrons. The number of nitrogens with one attached hydrogen (secondary N) is 2. The molecule has 1 aliphatic rings. The van der Waals surface area contributed by atoms with E-state index in [0.717, 1.165) is 6.07 Å². The van der Waals surface area contributed by atoms with Crippen LogP contribution in [0.15, 0.2) is 24.4 Å². The fraction of sp³-hybridized carbons (Fsp3) is 0.412. The fourth-order valence-corrected chi connectivity index (χ4v) is 2.65. The van der Waals surface area contributed by atoms with E-state index in [4.69, 9.17) is 9.47 Å². The molecular weight excluding hydrogens is 358 g/mol. The summed E-state index contributed by atoms with van der Waals surface area (Å²) in [6.45, 7) is 7.57. The maximum atomic E-state index is 12.5. The number of esters is 1. The Morgan fingerprint density at radius 2 is 2.07 bits per heavy atom. The molecule has 2 amide bonds. The smallest absolute Gasteiger partial charge is 0.319 e. The Bertz CT molecular complexity index is 791. The number of nitro groups is 1. The minimum Gasteiger partial charge on any atom is -0.865 e. The quantitative estimate of drug-likeness (QED) is 0.432. The number of nitro benzene ring substituents is 1. The molecule has 0 spiro atoms. The third-order valence-electron chi connectivity index (χ3n) is 3.92. The number of amides is 2. The van der Waals surface area contributed by atoms with Gasteiger partial charge >= 0.3 is 12.0 Å². The van der Waals surface area contributed by atoms with Crippen LogP contribution >= 0.6 is 0 Å². The molecule has 0 aliphatic carbocycles. The molecule has 2 unspecified atom stereocenters. The molecule has 2 atom stereocenters. The van der Waals surface area contributed by atoms with Gasteiger partial charge < -0.3 is 25.2 Å². The predicted molar refractivity (Wildman–Crippen MR) is 91.9 cm³/mol. The van der Waals surface area contributed by atoms with Crippen molar-refractivity contribution in [3.63, 3.8) is 0 Å². The van der Waals surface area contributed by atoms with Gasteiger partial charge in [0, 0.05) is 17.5 Å². The zero-order chi connectivity index (χ0) is 20.3. The van der Waals surface area contributed by atoms with E-state index in [0.29, 0.717) is 0 Å². The zero-order valence-electron chi connectivity index (χ0n) is 15.1. The number of hydrogen-bond donors (Lipinski definition) is 2. The van der Waals surface area contributed by atoms with Gasteiger partial charge in [-0.15, -0.1) is 0 Å². The average Bonchev–Trinajstić information content (AvgIpc) is 2.58. The first-order valence-corrected chi connectivity index (χ1v) is 8.12. The van der Waals surface area contributed by atoms with Crippen molar-refractivity contribution >= 4 is 17.7 Å². The molecule has 27 heavy (non-hydrogen) atoms. The van der Waals surface area contributed by atoms with Gasteiger partial charge in [-0.1, -0.05) is 20.4 Å². The van der Waals surface area contributed by atoms with Crippen molar-refractivity contribution in [2.45, 2.75) is 19.9 Å². The second kappa shape index (κ2) is 7.94. The summed E-state index contributed by atoms with van der Waals surface area (Å²) in [6, 6.07) is 0.614. The van der Waals surface area contributed by atoms with Crippen molar-refractivity contribution in [3.05, 3.63) is 40.1 Å². The van der Waals surface area contributed by atoms with Gasteiger partial charge in [0.1, 0.15) is 11.7 Å². The van der Waals surface area contributed by atoms with Crippen LogP contribution < -0.4 is 20.5 Å². The molecule has 0 bridgehead atoms. The van der Waals surface area contributed by atoms with Crippen LogP contribution in [0.3, 0.4) is 0 Å². The zero-order valence-corrected chi connectivity index (χ0v) is 15.1. The number of carbonyl (C=O) groups is 2. The summed E-state index contributed by atoms with van der Waals surface area (Å²) in [6.07, 6.45) is 0. The molecular formula is C17H20N3O7-. The highest BCUT2D eigenvalue weighted by atomic mass is 16.6. The van der Waals surface area contributed by atoms with Crippen molar-refractivity contribution in [2.75, 3.05) is 13.7 Å². The molecule has 1 fully saturated rings. The normalized spacial score (nSPS) is 19.3. The number of rotatable bonds is 6. The summed E-state index contributed by atoms with van der Waals surface area (Å²) in [4.78, 5) is 34.8. The van der Waals surface area contributed by atoms with E-state index in [2.05, 4.69) is 17.2 Å². The molecule has 1 aromatic carbocycles. The first-order valence-electron chi connectivity index (χ1n) is 8.12. The third-order valence-corrected chi connectivity index (χ3v) is 3.92. The molecule has 0 aromatic heterocycles. The number of carbonyl (C=O) groups excluding carboxylic acids is 2. The predicted octanol–water partition coefficient (Wildman–Crippen LogP) is 1.36. The second-order valence-corrected chi connectivity index (χ2v) is 6.43. The highest BCUT2D eigenvalue weighted by molar-refractivity contribution is 5.85. The summed E-state index contributed by atoms with van der Waals surface area (Å²) in [5.41, 5.74) is -0.483. The summed E-state index contributed by atoms with van der Waals surface area (Å²) >= 11 is 0. The van der Waals surface area contributed by atoms with Crippen LogP contribution in [-0.2, 0) is 9.53 Å². The highest BCUT2D eigenvalue weighted by Gasteiger charge is 2.40. The summed E-state index contributed by atoms with van der Waals surface area (Å²) in [5, 5.41) is 28.1. The molecule has 1 aromatic rings. The van der Waals surface area contributed by atoms with Gasteiger partial charge in [-0.3, -0.25) is 14.9 Å². The molecule has 1 heterocycles. The first kappa shape index (κ1) is 20.0. The van der Waals surface area contributed by atoms with Gasteiger partial charge in [0.05, 0.1) is 24.7 Å². The van der Waals surface area contributed by atoms with E-state index in [1.165, 1.54) is 13.2 Å². The Hall–Kier alpha value is -3.30. The monoisotopic (exact) mass is 378 g/mol. The second-order valence-electron chi connectivity index (χ2n) is 6.43. The number of nitrogens with zero attached hydrogens (tertiary/aromatic N) is 1. The molecule has 10 heteroatoms. The van der Waals surface area contributed by atoms with Crippen molar-refractivity contribution < 1.29 is 29.1 Å². The van der Waals surface area contributed by atoms with E-state index >= 15 is 0 Å². The average molecular weight is 378 g/mol. The first-order chi connectivity index (χ1) is 12.6. The Morgan fingerprint density at radius 3 is 2.63 bits per heavy atom. The SMILES string of the molecule is C=C1NC(=O)NC(c2cc(OC)c([O-])c([N+](=O)[O-])c2)C1C(=O)OCC(C)C. The molecule has 10 nitrogen and oxygen atoms in total. The maximum absolute atomic E-state index is 12.5. The molecule has 0 radical (unpaired) electrons. The minimum absolute atomic E-state index is 0.0883. The van der Waals surface area contributed by atoms with Crippen molar-refractivity contribution in [1.82, 2.24) is 10.6 Å². The van der Waals surface area contributed by atoms with Crippen molar-refractivity contribution in [1.29, 1.82) is 0 Å². The maximum Gasteiger partial charge on any atom is 0.319 e. The number of ether oxygens (including phenoxy) is 2. The number of methoxy groups -OCH3 is 1. The summed E-state index contributed by atoms with van der Waals surface area (Å²) in [7, 11) is 1.19. The Balaban J connectivity index is 2.49. The molecule has 0 saturated carbocycles. The Labute approximate surface area is 155 Å². The van der Waals surface area contributed by atoms with Gasteiger partial charge in [0.15, 0.2) is 0 Å². The van der Waals surface area contributed by atoms with Crippen LogP contribution in [0.25, 0.3) is 0 Å². The minimum atomic E-state index is -1.04. The lowest BCUT2D eigenvalue weighted by atomic mass is 9.88. The van der Waals surface area contributed by atoms with Crippen LogP contribution in [0.4, 0.5) is 10.5 Å². The largest absolute Gasteiger partial charge is 0.865 e. The van der Waals surface area contributed by atoms with E-state index in [1.54, 1.807) is 0 Å². The van der Waals surface area contributed by atoms with Crippen LogP contribution in [0.5, 0.6) is 11.5 Å². The van der Waals surface area contributed by atoms with E-state index in [1.807, 2.05) is 13.8 Å². The fourth-order valence-electron chi connectivity index (χ4n) is 2.65. The lowest BCUT2D eigenvalue weighted by Gasteiger charge is -2.33. The lowest BCUT2D eigenvalue weighted by molar-refractivity contribution is -0.398. The van der Waals surface area contributed by atoms with Crippen molar-refractivity contribution in [3.8, 4) is 11.5 Å². The van der Waals surface area contributed by atoms with Crippen LogP contribution in [0.1, 0.15) is 25.5 Å². The van der Waals surface area contributed by atoms with Gasteiger partial charge in [-0.25, -0.2) is 4.79 Å². The molecule has 2 N–H and O–H groups in total. The van der Waals surface area contributed by atoms with Crippen LogP contribution in [0, 0.1) is 22.0 Å². The number of benzene rings is 1. The summed E-state index contributed by atoms with van der Waals surface area (Å²) in [5.74, 6) is -2.77. The number of urea groups is 1. The van der Waals surface area contributed by atoms with Crippen LogP contribution in [-0.4, -0.2) is 30.6 Å². The molecule has 1 aliphatic heterocycles. The van der Waals surface area contributed by atoms with Gasteiger partial charge in [0.25, 0.3) is 5.69 Å². The lowest BCUT2D eigenvalue weighted by Crippen LogP contribution is -2.51. The van der Waals surface area contributed by atoms with Crippen LogP contribution in [0.2, 0.25) is 0 Å². The van der Waals surface area contributed by atoms with E-state index in [-0.39, 0.29) is 29.5 Å². The number of hydrogen-bond acceptors (Lipinski definition) is 7. The topological polar surface area (TPSA) is 143 Å². The van der Waals surface area contributed by atoms with E-state index in [9.17, 15) is 24.8 Å². The summed E-state index contributed by atoms with van der Waals surface area (Å²) < 4.78 is 10.2. The van der Waals surface area contributed by atoms with Gasteiger partial charge in [0.2, 0.25) is 0 Å². The van der Waals surface area contributed by atoms with Crippen molar-refractivity contribution in [2.24, 2.45) is 11.8 Å². The van der Waals surface area contributed by atoms with E-state index < -0.39 is 40.3 Å². The van der Waals surface area contributed by atoms with Gasteiger partial charge in [-0.05, 0) is 17.5 Å². The Morgan fingerprint density at radius 1 is 1.41 bits per heavy atom.